The first kappa shape index (κ1) is 14.5. The van der Waals surface area contributed by atoms with Crippen LogP contribution < -0.4 is 5.32 Å². The van der Waals surface area contributed by atoms with E-state index in [4.69, 9.17) is 0 Å². The molecule has 0 aliphatic heterocycles. The molecule has 3 rings (SSSR count). The summed E-state index contributed by atoms with van der Waals surface area (Å²) >= 11 is 0. The lowest BCUT2D eigenvalue weighted by Gasteiger charge is -2.37. The molecule has 1 N–H and O–H groups in total. The first-order valence-corrected chi connectivity index (χ1v) is 8.30. The van der Waals surface area contributed by atoms with Gasteiger partial charge in [0.25, 0.3) is 0 Å². The van der Waals surface area contributed by atoms with Crippen LogP contribution in [-0.4, -0.2) is 18.6 Å². The van der Waals surface area contributed by atoms with Crippen molar-refractivity contribution in [2.45, 2.75) is 38.5 Å². The van der Waals surface area contributed by atoms with Crippen molar-refractivity contribution in [1.29, 1.82) is 0 Å². The fourth-order valence-electron chi connectivity index (χ4n) is 4.05. The van der Waals surface area contributed by atoms with Gasteiger partial charge < -0.3 is 5.32 Å². The maximum Gasteiger partial charge on any atom is 0.0346 e. The van der Waals surface area contributed by atoms with Crippen LogP contribution in [0.2, 0.25) is 0 Å². The van der Waals surface area contributed by atoms with Crippen molar-refractivity contribution < 1.29 is 0 Å². The first-order valence-electron chi connectivity index (χ1n) is 8.30. The molecule has 2 aromatic rings. The van der Waals surface area contributed by atoms with E-state index in [2.05, 4.69) is 48.5 Å². The Morgan fingerprint density at radius 1 is 1.24 bits per heavy atom. The first-order chi connectivity index (χ1) is 10.3. The zero-order valence-corrected chi connectivity index (χ0v) is 13.2. The van der Waals surface area contributed by atoms with Crippen LogP contribution >= 0.6 is 0 Å². The number of nitrogens with zero attached hydrogens (tertiary/aromatic N) is 1. The Balaban J connectivity index is 2.00. The van der Waals surface area contributed by atoms with Gasteiger partial charge in [-0.15, -0.1) is 0 Å². The maximum atomic E-state index is 4.27. The predicted octanol–water partition coefficient (Wildman–Crippen LogP) is 4.36. The zero-order valence-electron chi connectivity index (χ0n) is 13.2. The third-order valence-corrected chi connectivity index (χ3v) is 5.26. The van der Waals surface area contributed by atoms with Crippen LogP contribution in [0.3, 0.4) is 0 Å². The van der Waals surface area contributed by atoms with Gasteiger partial charge in [0.05, 0.1) is 0 Å². The van der Waals surface area contributed by atoms with Crippen LogP contribution in [0.4, 0.5) is 0 Å². The van der Waals surface area contributed by atoms with E-state index in [1.165, 1.54) is 42.0 Å². The number of fused-ring (bicyclic) bond motifs is 1. The Morgan fingerprint density at radius 3 is 2.95 bits per heavy atom. The number of hydrogen-bond donors (Lipinski definition) is 1. The van der Waals surface area contributed by atoms with Crippen LogP contribution in [0.25, 0.3) is 10.8 Å². The molecule has 0 bridgehead atoms. The van der Waals surface area contributed by atoms with Crippen LogP contribution in [0.5, 0.6) is 0 Å². The van der Waals surface area contributed by atoms with Crippen molar-refractivity contribution >= 4 is 10.8 Å². The molecule has 0 saturated heterocycles. The van der Waals surface area contributed by atoms with Gasteiger partial charge in [0.2, 0.25) is 0 Å². The summed E-state index contributed by atoms with van der Waals surface area (Å²) in [7, 11) is 2.08. The minimum atomic E-state index is 0.683. The second-order valence-corrected chi connectivity index (χ2v) is 6.46. The smallest absolute Gasteiger partial charge is 0.0346 e. The molecule has 112 valence electrons. The SMILES string of the molecule is CCC1CCC(CNC)C(c2cccc3cnccc23)C1. The monoisotopic (exact) mass is 282 g/mol. The zero-order chi connectivity index (χ0) is 14.7. The highest BCUT2D eigenvalue weighted by atomic mass is 14.8. The van der Waals surface area contributed by atoms with Gasteiger partial charge in [0.1, 0.15) is 0 Å². The Morgan fingerprint density at radius 2 is 2.14 bits per heavy atom. The van der Waals surface area contributed by atoms with E-state index in [0.717, 1.165) is 18.4 Å². The van der Waals surface area contributed by atoms with E-state index < -0.39 is 0 Å². The van der Waals surface area contributed by atoms with Crippen molar-refractivity contribution in [2.24, 2.45) is 11.8 Å². The second-order valence-electron chi connectivity index (χ2n) is 6.46. The highest BCUT2D eigenvalue weighted by Crippen LogP contribution is 2.43. The average molecular weight is 282 g/mol. The number of benzene rings is 1. The van der Waals surface area contributed by atoms with Gasteiger partial charge in [-0.1, -0.05) is 38.0 Å². The number of rotatable bonds is 4. The molecule has 3 unspecified atom stereocenters. The molecule has 2 heteroatoms. The summed E-state index contributed by atoms with van der Waals surface area (Å²) in [5.41, 5.74) is 1.54. The summed E-state index contributed by atoms with van der Waals surface area (Å²) in [4.78, 5) is 4.27. The van der Waals surface area contributed by atoms with E-state index in [9.17, 15) is 0 Å². The lowest BCUT2D eigenvalue weighted by Crippen LogP contribution is -2.30. The maximum absolute atomic E-state index is 4.27. The molecule has 1 fully saturated rings. The molecule has 2 nitrogen and oxygen atoms in total. The summed E-state index contributed by atoms with van der Waals surface area (Å²) < 4.78 is 0. The molecular weight excluding hydrogens is 256 g/mol. The van der Waals surface area contributed by atoms with Gasteiger partial charge in [-0.3, -0.25) is 4.98 Å². The molecule has 1 aromatic heterocycles. The van der Waals surface area contributed by atoms with Crippen molar-refractivity contribution in [1.82, 2.24) is 10.3 Å². The molecule has 3 atom stereocenters. The van der Waals surface area contributed by atoms with Crippen LogP contribution in [0, 0.1) is 11.8 Å². The van der Waals surface area contributed by atoms with Crippen molar-refractivity contribution in [3.05, 3.63) is 42.2 Å². The Hall–Kier alpha value is -1.41. The van der Waals surface area contributed by atoms with Gasteiger partial charge in [-0.05, 0) is 61.2 Å². The quantitative estimate of drug-likeness (QED) is 0.901. The number of aromatic nitrogens is 1. The fourth-order valence-corrected chi connectivity index (χ4v) is 4.05. The highest BCUT2D eigenvalue weighted by molar-refractivity contribution is 5.85. The van der Waals surface area contributed by atoms with Crippen molar-refractivity contribution in [3.63, 3.8) is 0 Å². The van der Waals surface area contributed by atoms with Crippen LogP contribution in [-0.2, 0) is 0 Å². The molecule has 0 spiro atoms. The van der Waals surface area contributed by atoms with E-state index in [1.54, 1.807) is 0 Å². The summed E-state index contributed by atoms with van der Waals surface area (Å²) in [5.74, 6) is 2.33. The molecule has 1 aliphatic carbocycles. The van der Waals surface area contributed by atoms with E-state index in [-0.39, 0.29) is 0 Å². The van der Waals surface area contributed by atoms with Crippen LogP contribution in [0.1, 0.15) is 44.1 Å². The third-order valence-electron chi connectivity index (χ3n) is 5.26. The van der Waals surface area contributed by atoms with Gasteiger partial charge in [0.15, 0.2) is 0 Å². The molecular formula is C19H26N2. The minimum absolute atomic E-state index is 0.683. The number of nitrogens with one attached hydrogen (secondary N) is 1. The van der Waals surface area contributed by atoms with Gasteiger partial charge in [-0.25, -0.2) is 0 Å². The van der Waals surface area contributed by atoms with E-state index >= 15 is 0 Å². The van der Waals surface area contributed by atoms with E-state index in [1.807, 2.05) is 12.4 Å². The van der Waals surface area contributed by atoms with Crippen molar-refractivity contribution in [2.75, 3.05) is 13.6 Å². The number of hydrogen-bond acceptors (Lipinski definition) is 2. The standard InChI is InChI=1S/C19H26N2/c1-3-14-7-8-16(12-20-2)19(11-14)18-6-4-5-15-13-21-10-9-17(15)18/h4-6,9-10,13-14,16,19-20H,3,7-8,11-12H2,1-2H3. The molecule has 21 heavy (non-hydrogen) atoms. The fraction of sp³-hybridized carbons (Fsp3) is 0.526. The van der Waals surface area contributed by atoms with Gasteiger partial charge in [0, 0.05) is 17.8 Å². The van der Waals surface area contributed by atoms with Gasteiger partial charge >= 0.3 is 0 Å². The lowest BCUT2D eigenvalue weighted by atomic mass is 9.69. The normalized spacial score (nSPS) is 26.1. The molecule has 0 amide bonds. The van der Waals surface area contributed by atoms with Gasteiger partial charge in [-0.2, -0.15) is 0 Å². The molecule has 1 saturated carbocycles. The Labute approximate surface area is 128 Å². The summed E-state index contributed by atoms with van der Waals surface area (Å²) in [6, 6.07) is 8.91. The summed E-state index contributed by atoms with van der Waals surface area (Å²) in [6.07, 6.45) is 9.32. The van der Waals surface area contributed by atoms with E-state index in [0.29, 0.717) is 5.92 Å². The largest absolute Gasteiger partial charge is 0.319 e. The second kappa shape index (κ2) is 6.57. The van der Waals surface area contributed by atoms with Crippen LogP contribution in [0.15, 0.2) is 36.7 Å². The predicted molar refractivity (Wildman–Crippen MR) is 89.5 cm³/mol. The molecule has 1 aromatic carbocycles. The molecule has 1 heterocycles. The molecule has 1 aliphatic rings. The Kier molecular flexibility index (Phi) is 4.54. The molecule has 0 radical (unpaired) electrons. The average Bonchev–Trinajstić information content (AvgIpc) is 2.55. The minimum Gasteiger partial charge on any atom is -0.319 e. The number of pyridine rings is 1. The van der Waals surface area contributed by atoms with Crippen molar-refractivity contribution in [3.8, 4) is 0 Å². The Bertz CT molecular complexity index is 588. The summed E-state index contributed by atoms with van der Waals surface area (Å²) in [5, 5.41) is 6.08. The highest BCUT2D eigenvalue weighted by Gasteiger charge is 2.31. The topological polar surface area (TPSA) is 24.9 Å². The lowest BCUT2D eigenvalue weighted by molar-refractivity contribution is 0.229. The third kappa shape index (κ3) is 2.96. The summed E-state index contributed by atoms with van der Waals surface area (Å²) in [6.45, 7) is 3.47.